The normalized spacial score (nSPS) is 14.4. The highest BCUT2D eigenvalue weighted by Crippen LogP contribution is 2.29. The molecule has 102 valence electrons. The van der Waals surface area contributed by atoms with Crippen molar-refractivity contribution in [2.75, 3.05) is 13.7 Å². The fourth-order valence-corrected chi connectivity index (χ4v) is 1.70. The van der Waals surface area contributed by atoms with Crippen LogP contribution < -0.4 is 15.2 Å². The lowest BCUT2D eigenvalue weighted by Gasteiger charge is -2.26. The van der Waals surface area contributed by atoms with Crippen LogP contribution in [0, 0.1) is 12.8 Å². The molecule has 2 unspecified atom stereocenters. The molecule has 0 aromatic heterocycles. The minimum Gasteiger partial charge on any atom is -0.493 e. The van der Waals surface area contributed by atoms with Crippen molar-refractivity contribution >= 4 is 0 Å². The second-order valence-corrected chi connectivity index (χ2v) is 4.81. The zero-order valence-corrected chi connectivity index (χ0v) is 11.5. The van der Waals surface area contributed by atoms with Crippen LogP contribution in [-0.2, 0) is 0 Å². The molecule has 18 heavy (non-hydrogen) atoms. The Bertz CT molecular complexity index is 379. The molecule has 1 aromatic rings. The number of nitrogens with two attached hydrogens (primary N) is 1. The van der Waals surface area contributed by atoms with Gasteiger partial charge in [-0.1, -0.05) is 19.9 Å². The summed E-state index contributed by atoms with van der Waals surface area (Å²) in [6, 6.07) is 5.45. The smallest absolute Gasteiger partial charge is 0.161 e. The summed E-state index contributed by atoms with van der Waals surface area (Å²) >= 11 is 0. The van der Waals surface area contributed by atoms with Gasteiger partial charge in [0.2, 0.25) is 0 Å². The molecule has 0 radical (unpaired) electrons. The first kappa shape index (κ1) is 14.8. The molecular weight excluding hydrogens is 230 g/mol. The number of aliphatic hydroxyl groups excluding tert-OH is 1. The lowest BCUT2D eigenvalue weighted by Crippen LogP contribution is -2.45. The van der Waals surface area contributed by atoms with Crippen LogP contribution in [-0.4, -0.2) is 31.0 Å². The van der Waals surface area contributed by atoms with Crippen LogP contribution in [0.1, 0.15) is 19.4 Å². The predicted molar refractivity (Wildman–Crippen MR) is 72.0 cm³/mol. The van der Waals surface area contributed by atoms with Gasteiger partial charge in [-0.05, 0) is 30.5 Å². The highest BCUT2D eigenvalue weighted by atomic mass is 16.5. The highest BCUT2D eigenvalue weighted by Gasteiger charge is 2.23. The molecule has 4 heteroatoms. The van der Waals surface area contributed by atoms with Gasteiger partial charge in [-0.3, -0.25) is 0 Å². The number of aryl methyl sites for hydroxylation is 1. The van der Waals surface area contributed by atoms with Crippen molar-refractivity contribution in [3.63, 3.8) is 0 Å². The van der Waals surface area contributed by atoms with Gasteiger partial charge in [0.05, 0.1) is 13.7 Å². The van der Waals surface area contributed by atoms with Gasteiger partial charge in [0, 0.05) is 6.04 Å². The molecule has 0 bridgehead atoms. The molecule has 0 saturated carbocycles. The molecule has 0 aliphatic heterocycles. The van der Waals surface area contributed by atoms with Crippen LogP contribution in [0.15, 0.2) is 18.2 Å². The number of methoxy groups -OCH3 is 1. The van der Waals surface area contributed by atoms with E-state index in [4.69, 9.17) is 15.2 Å². The Morgan fingerprint density at radius 3 is 2.44 bits per heavy atom. The molecule has 0 heterocycles. The van der Waals surface area contributed by atoms with Crippen LogP contribution >= 0.6 is 0 Å². The molecule has 0 amide bonds. The van der Waals surface area contributed by atoms with Gasteiger partial charge in [-0.25, -0.2) is 0 Å². The van der Waals surface area contributed by atoms with Crippen molar-refractivity contribution in [1.82, 2.24) is 0 Å². The first-order valence-corrected chi connectivity index (χ1v) is 6.17. The standard InChI is InChI=1S/C14H23NO3/c1-9(2)14(15)13(8-16)18-11-6-5-10(3)7-12(11)17-4/h5-7,9,13-14,16H,8,15H2,1-4H3. The number of aliphatic hydroxyl groups is 1. The largest absolute Gasteiger partial charge is 0.493 e. The molecule has 0 saturated heterocycles. The number of benzene rings is 1. The Hall–Kier alpha value is -1.26. The molecular formula is C14H23NO3. The van der Waals surface area contributed by atoms with Crippen molar-refractivity contribution in [2.45, 2.75) is 32.9 Å². The van der Waals surface area contributed by atoms with E-state index in [1.54, 1.807) is 7.11 Å². The quantitative estimate of drug-likeness (QED) is 0.810. The van der Waals surface area contributed by atoms with Crippen molar-refractivity contribution in [3.8, 4) is 11.5 Å². The summed E-state index contributed by atoms with van der Waals surface area (Å²) in [5.41, 5.74) is 7.11. The van der Waals surface area contributed by atoms with Gasteiger partial charge >= 0.3 is 0 Å². The Morgan fingerprint density at radius 1 is 1.28 bits per heavy atom. The maximum atomic E-state index is 9.38. The number of hydrogen-bond donors (Lipinski definition) is 2. The van der Waals surface area contributed by atoms with Crippen molar-refractivity contribution in [3.05, 3.63) is 23.8 Å². The Labute approximate surface area is 109 Å². The summed E-state index contributed by atoms with van der Waals surface area (Å²) in [5.74, 6) is 1.50. The second kappa shape index (κ2) is 6.61. The third-order valence-electron chi connectivity index (χ3n) is 2.98. The van der Waals surface area contributed by atoms with Gasteiger partial charge in [-0.2, -0.15) is 0 Å². The summed E-state index contributed by atoms with van der Waals surface area (Å²) in [5, 5.41) is 9.38. The number of rotatable bonds is 6. The average molecular weight is 253 g/mol. The fraction of sp³-hybridized carbons (Fsp3) is 0.571. The van der Waals surface area contributed by atoms with E-state index >= 15 is 0 Å². The monoisotopic (exact) mass is 253 g/mol. The summed E-state index contributed by atoms with van der Waals surface area (Å²) < 4.78 is 11.0. The molecule has 0 aliphatic carbocycles. The lowest BCUT2D eigenvalue weighted by molar-refractivity contribution is 0.0786. The predicted octanol–water partition coefficient (Wildman–Crippen LogP) is 1.73. The molecule has 0 spiro atoms. The van der Waals surface area contributed by atoms with Crippen molar-refractivity contribution in [2.24, 2.45) is 11.7 Å². The van der Waals surface area contributed by atoms with Crippen molar-refractivity contribution in [1.29, 1.82) is 0 Å². The maximum absolute atomic E-state index is 9.38. The zero-order valence-electron chi connectivity index (χ0n) is 11.5. The van der Waals surface area contributed by atoms with Crippen LogP contribution in [0.4, 0.5) is 0 Å². The van der Waals surface area contributed by atoms with Crippen molar-refractivity contribution < 1.29 is 14.6 Å². The minimum absolute atomic E-state index is 0.115. The van der Waals surface area contributed by atoms with Gasteiger partial charge in [0.1, 0.15) is 6.10 Å². The topological polar surface area (TPSA) is 64.7 Å². The van der Waals surface area contributed by atoms with E-state index in [0.29, 0.717) is 11.5 Å². The molecule has 0 aliphatic rings. The fourth-order valence-electron chi connectivity index (χ4n) is 1.70. The summed E-state index contributed by atoms with van der Waals surface area (Å²) in [6.45, 7) is 5.87. The van der Waals surface area contributed by atoms with Gasteiger partial charge < -0.3 is 20.3 Å². The lowest BCUT2D eigenvalue weighted by atomic mass is 10.00. The van der Waals surface area contributed by atoms with Crippen LogP contribution in [0.2, 0.25) is 0 Å². The number of ether oxygens (including phenoxy) is 2. The Balaban J connectivity index is 2.88. The van der Waals surface area contributed by atoms with Crippen LogP contribution in [0.25, 0.3) is 0 Å². The summed E-state index contributed by atoms with van der Waals surface area (Å²) in [4.78, 5) is 0. The van der Waals surface area contributed by atoms with E-state index in [2.05, 4.69) is 0 Å². The second-order valence-electron chi connectivity index (χ2n) is 4.81. The zero-order chi connectivity index (χ0) is 13.7. The van der Waals surface area contributed by atoms with Crippen LogP contribution in [0.5, 0.6) is 11.5 Å². The average Bonchev–Trinajstić information content (AvgIpc) is 2.36. The maximum Gasteiger partial charge on any atom is 0.161 e. The Morgan fingerprint density at radius 2 is 1.94 bits per heavy atom. The third kappa shape index (κ3) is 3.62. The van der Waals surface area contributed by atoms with E-state index < -0.39 is 6.10 Å². The summed E-state index contributed by atoms with van der Waals surface area (Å²) in [6.07, 6.45) is -0.429. The molecule has 4 nitrogen and oxygen atoms in total. The SMILES string of the molecule is COc1cc(C)ccc1OC(CO)C(N)C(C)C. The molecule has 2 atom stereocenters. The molecule has 1 aromatic carbocycles. The van der Waals surface area contributed by atoms with Gasteiger partial charge in [-0.15, -0.1) is 0 Å². The molecule has 0 fully saturated rings. The van der Waals surface area contributed by atoms with E-state index in [1.807, 2.05) is 39.0 Å². The van der Waals surface area contributed by atoms with Gasteiger partial charge in [0.25, 0.3) is 0 Å². The molecule has 3 N–H and O–H groups in total. The van der Waals surface area contributed by atoms with E-state index in [1.165, 1.54) is 0 Å². The summed E-state index contributed by atoms with van der Waals surface area (Å²) in [7, 11) is 1.60. The highest BCUT2D eigenvalue weighted by molar-refractivity contribution is 5.42. The number of hydrogen-bond acceptors (Lipinski definition) is 4. The van der Waals surface area contributed by atoms with E-state index in [0.717, 1.165) is 5.56 Å². The minimum atomic E-state index is -0.429. The van der Waals surface area contributed by atoms with E-state index in [9.17, 15) is 5.11 Å². The van der Waals surface area contributed by atoms with Gasteiger partial charge in [0.15, 0.2) is 11.5 Å². The van der Waals surface area contributed by atoms with Crippen LogP contribution in [0.3, 0.4) is 0 Å². The van der Waals surface area contributed by atoms with E-state index in [-0.39, 0.29) is 18.6 Å². The Kier molecular flexibility index (Phi) is 5.44. The third-order valence-corrected chi connectivity index (χ3v) is 2.98. The first-order chi connectivity index (χ1) is 8.49. The first-order valence-electron chi connectivity index (χ1n) is 6.17. The molecule has 1 rings (SSSR count).